The van der Waals surface area contributed by atoms with Gasteiger partial charge in [0.05, 0.1) is 6.04 Å². The second-order valence-electron chi connectivity index (χ2n) is 6.18. The van der Waals surface area contributed by atoms with E-state index in [1.165, 1.54) is 12.8 Å². The zero-order valence-electron chi connectivity index (χ0n) is 12.1. The first-order valence-corrected chi connectivity index (χ1v) is 7.11. The summed E-state index contributed by atoms with van der Waals surface area (Å²) in [7, 11) is 0. The summed E-state index contributed by atoms with van der Waals surface area (Å²) in [6.45, 7) is 6.49. The lowest BCUT2D eigenvalue weighted by Crippen LogP contribution is -2.47. The Bertz CT molecular complexity index is 428. The van der Waals surface area contributed by atoms with Crippen LogP contribution >= 0.6 is 0 Å². The van der Waals surface area contributed by atoms with Gasteiger partial charge in [0.15, 0.2) is 0 Å². The fourth-order valence-electron chi connectivity index (χ4n) is 2.79. The van der Waals surface area contributed by atoms with E-state index in [9.17, 15) is 4.79 Å². The molecule has 1 saturated carbocycles. The molecule has 0 bridgehead atoms. The summed E-state index contributed by atoms with van der Waals surface area (Å²) in [4.78, 5) is 12.1. The lowest BCUT2D eigenvalue weighted by Gasteiger charge is -2.30. The molecular weight excluding hydrogens is 236 g/mol. The number of benzene rings is 1. The Labute approximate surface area is 115 Å². The van der Waals surface area contributed by atoms with Crippen molar-refractivity contribution in [2.75, 3.05) is 5.32 Å². The molecule has 1 aliphatic rings. The molecule has 0 heterocycles. The van der Waals surface area contributed by atoms with Crippen LogP contribution in [-0.2, 0) is 4.79 Å². The standard InChI is InChI=1S/C16H24N2O/c1-12(17-14-10-7-11-16(14,2)3)15(19)18-13-8-5-4-6-9-13/h4-6,8-9,12,14,17H,7,10-11H2,1-3H3,(H,18,19). The lowest BCUT2D eigenvalue weighted by atomic mass is 9.87. The van der Waals surface area contributed by atoms with Gasteiger partial charge in [-0.3, -0.25) is 4.79 Å². The first kappa shape index (κ1) is 14.1. The van der Waals surface area contributed by atoms with Crippen LogP contribution < -0.4 is 10.6 Å². The molecule has 2 unspecified atom stereocenters. The SMILES string of the molecule is CC(NC1CCCC1(C)C)C(=O)Nc1ccccc1. The van der Waals surface area contributed by atoms with Crippen LogP contribution in [0, 0.1) is 5.41 Å². The summed E-state index contributed by atoms with van der Waals surface area (Å²) in [6, 6.07) is 9.88. The minimum absolute atomic E-state index is 0.0360. The highest BCUT2D eigenvalue weighted by molar-refractivity contribution is 5.94. The van der Waals surface area contributed by atoms with Crippen LogP contribution in [0.25, 0.3) is 0 Å². The van der Waals surface area contributed by atoms with Crippen molar-refractivity contribution < 1.29 is 4.79 Å². The predicted molar refractivity (Wildman–Crippen MR) is 79.1 cm³/mol. The van der Waals surface area contributed by atoms with Gasteiger partial charge in [0.25, 0.3) is 0 Å². The Morgan fingerprint density at radius 2 is 2.00 bits per heavy atom. The molecule has 0 radical (unpaired) electrons. The van der Waals surface area contributed by atoms with Crippen molar-refractivity contribution in [3.8, 4) is 0 Å². The van der Waals surface area contributed by atoms with Crippen LogP contribution in [0.2, 0.25) is 0 Å². The van der Waals surface area contributed by atoms with Gasteiger partial charge in [-0.25, -0.2) is 0 Å². The van der Waals surface area contributed by atoms with Crippen LogP contribution in [0.15, 0.2) is 30.3 Å². The van der Waals surface area contributed by atoms with Crippen molar-refractivity contribution in [1.82, 2.24) is 5.32 Å². The highest BCUT2D eigenvalue weighted by atomic mass is 16.2. The maximum atomic E-state index is 12.1. The summed E-state index contributed by atoms with van der Waals surface area (Å²) in [5.74, 6) is 0.0360. The predicted octanol–water partition coefficient (Wildman–Crippen LogP) is 3.18. The number of para-hydroxylation sites is 1. The van der Waals surface area contributed by atoms with Crippen LogP contribution in [0.1, 0.15) is 40.0 Å². The van der Waals surface area contributed by atoms with E-state index >= 15 is 0 Å². The highest BCUT2D eigenvalue weighted by Gasteiger charge is 2.35. The van der Waals surface area contributed by atoms with Crippen LogP contribution in [0.3, 0.4) is 0 Å². The van der Waals surface area contributed by atoms with Gasteiger partial charge in [0.2, 0.25) is 5.91 Å². The minimum Gasteiger partial charge on any atom is -0.325 e. The smallest absolute Gasteiger partial charge is 0.241 e. The van der Waals surface area contributed by atoms with E-state index < -0.39 is 0 Å². The van der Waals surface area contributed by atoms with Gasteiger partial charge in [-0.05, 0) is 37.3 Å². The van der Waals surface area contributed by atoms with Gasteiger partial charge >= 0.3 is 0 Å². The minimum atomic E-state index is -0.164. The van der Waals surface area contributed by atoms with Crippen molar-refractivity contribution >= 4 is 11.6 Å². The van der Waals surface area contributed by atoms with Gasteiger partial charge in [-0.1, -0.05) is 38.5 Å². The van der Waals surface area contributed by atoms with Crippen molar-refractivity contribution in [3.63, 3.8) is 0 Å². The molecule has 1 aromatic rings. The summed E-state index contributed by atoms with van der Waals surface area (Å²) < 4.78 is 0. The molecule has 3 heteroatoms. The Balaban J connectivity index is 1.89. The van der Waals surface area contributed by atoms with Crippen molar-refractivity contribution in [2.24, 2.45) is 5.41 Å². The molecule has 104 valence electrons. The third-order valence-corrected chi connectivity index (χ3v) is 4.14. The molecule has 19 heavy (non-hydrogen) atoms. The Morgan fingerprint density at radius 1 is 1.32 bits per heavy atom. The topological polar surface area (TPSA) is 41.1 Å². The molecule has 0 saturated heterocycles. The molecule has 3 nitrogen and oxygen atoms in total. The third kappa shape index (κ3) is 3.57. The third-order valence-electron chi connectivity index (χ3n) is 4.14. The summed E-state index contributed by atoms with van der Waals surface area (Å²) in [5, 5.41) is 6.42. The first-order chi connectivity index (χ1) is 8.99. The fourth-order valence-corrected chi connectivity index (χ4v) is 2.79. The number of amides is 1. The highest BCUT2D eigenvalue weighted by Crippen LogP contribution is 2.37. The zero-order valence-corrected chi connectivity index (χ0v) is 12.1. The summed E-state index contributed by atoms with van der Waals surface area (Å²) in [6.07, 6.45) is 3.64. The van der Waals surface area contributed by atoms with Gasteiger partial charge in [-0.2, -0.15) is 0 Å². The fraction of sp³-hybridized carbons (Fsp3) is 0.562. The molecular formula is C16H24N2O. The molecule has 2 atom stereocenters. The number of carbonyl (C=O) groups excluding carboxylic acids is 1. The number of anilines is 1. The van der Waals surface area contributed by atoms with Gasteiger partial charge in [0.1, 0.15) is 0 Å². The van der Waals surface area contributed by atoms with Gasteiger partial charge in [0, 0.05) is 11.7 Å². The van der Waals surface area contributed by atoms with E-state index in [2.05, 4.69) is 24.5 Å². The van der Waals surface area contributed by atoms with E-state index in [0.29, 0.717) is 11.5 Å². The summed E-state index contributed by atoms with van der Waals surface area (Å²) >= 11 is 0. The monoisotopic (exact) mass is 260 g/mol. The number of hydrogen-bond acceptors (Lipinski definition) is 2. The Kier molecular flexibility index (Phi) is 4.25. The molecule has 2 N–H and O–H groups in total. The van der Waals surface area contributed by atoms with E-state index in [0.717, 1.165) is 12.1 Å². The molecule has 1 amide bonds. The van der Waals surface area contributed by atoms with E-state index in [1.54, 1.807) is 0 Å². The Morgan fingerprint density at radius 3 is 2.58 bits per heavy atom. The average Bonchev–Trinajstić information content (AvgIpc) is 2.70. The second-order valence-corrected chi connectivity index (χ2v) is 6.18. The van der Waals surface area contributed by atoms with E-state index in [-0.39, 0.29) is 11.9 Å². The summed E-state index contributed by atoms with van der Waals surface area (Å²) in [5.41, 5.74) is 1.15. The Hall–Kier alpha value is -1.35. The molecule has 0 aromatic heterocycles. The molecule has 0 aliphatic heterocycles. The molecule has 1 aromatic carbocycles. The first-order valence-electron chi connectivity index (χ1n) is 7.11. The lowest BCUT2D eigenvalue weighted by molar-refractivity contribution is -0.118. The second kappa shape index (κ2) is 5.74. The molecule has 1 fully saturated rings. The van der Waals surface area contributed by atoms with E-state index in [4.69, 9.17) is 0 Å². The van der Waals surface area contributed by atoms with Crippen molar-refractivity contribution in [3.05, 3.63) is 30.3 Å². The maximum absolute atomic E-state index is 12.1. The number of carbonyl (C=O) groups is 1. The van der Waals surface area contributed by atoms with Gasteiger partial charge < -0.3 is 10.6 Å². The van der Waals surface area contributed by atoms with Gasteiger partial charge in [-0.15, -0.1) is 0 Å². The average molecular weight is 260 g/mol. The van der Waals surface area contributed by atoms with E-state index in [1.807, 2.05) is 37.3 Å². The molecule has 1 aliphatic carbocycles. The zero-order chi connectivity index (χ0) is 13.9. The normalized spacial score (nSPS) is 23.0. The van der Waals surface area contributed by atoms with Crippen LogP contribution in [0.5, 0.6) is 0 Å². The maximum Gasteiger partial charge on any atom is 0.241 e. The molecule has 2 rings (SSSR count). The number of rotatable bonds is 4. The number of nitrogens with one attached hydrogen (secondary N) is 2. The quantitative estimate of drug-likeness (QED) is 0.873. The largest absolute Gasteiger partial charge is 0.325 e. The van der Waals surface area contributed by atoms with Crippen molar-refractivity contribution in [1.29, 1.82) is 0 Å². The van der Waals surface area contributed by atoms with Crippen LogP contribution in [-0.4, -0.2) is 18.0 Å². The van der Waals surface area contributed by atoms with Crippen LogP contribution in [0.4, 0.5) is 5.69 Å². The number of hydrogen-bond donors (Lipinski definition) is 2. The van der Waals surface area contributed by atoms with Crippen molar-refractivity contribution in [2.45, 2.75) is 52.1 Å². The molecule has 0 spiro atoms.